The highest BCUT2D eigenvalue weighted by Gasteiger charge is 2.28. The zero-order chi connectivity index (χ0) is 16.6. The van der Waals surface area contributed by atoms with E-state index in [1.54, 1.807) is 13.8 Å². The standard InChI is InChI=1S/C18H20N2O3/c1-10(18(22)23)11(2)19-17(21)14-9-16(12-7-8-12)20-15-6-4-3-5-13(14)15/h3-6,9-12H,7-8H2,1-2H3,(H,19,21)(H,22,23). The third kappa shape index (κ3) is 3.18. The molecule has 0 bridgehead atoms. The number of rotatable bonds is 5. The molecule has 120 valence electrons. The predicted molar refractivity (Wildman–Crippen MR) is 87.4 cm³/mol. The number of aromatic nitrogens is 1. The van der Waals surface area contributed by atoms with E-state index < -0.39 is 17.9 Å². The number of carbonyl (C=O) groups is 2. The molecule has 2 unspecified atom stereocenters. The zero-order valence-corrected chi connectivity index (χ0v) is 13.2. The number of aliphatic carboxylic acids is 1. The number of fused-ring (bicyclic) bond motifs is 1. The maximum atomic E-state index is 12.7. The molecule has 0 spiro atoms. The highest BCUT2D eigenvalue weighted by atomic mass is 16.4. The number of benzene rings is 1. The summed E-state index contributed by atoms with van der Waals surface area (Å²) in [6, 6.07) is 8.97. The van der Waals surface area contributed by atoms with Crippen LogP contribution in [0.5, 0.6) is 0 Å². The van der Waals surface area contributed by atoms with Crippen LogP contribution < -0.4 is 5.32 Å². The Hall–Kier alpha value is -2.43. The van der Waals surface area contributed by atoms with E-state index in [-0.39, 0.29) is 5.91 Å². The Kier molecular flexibility index (Phi) is 4.03. The zero-order valence-electron chi connectivity index (χ0n) is 13.2. The third-order valence-electron chi connectivity index (χ3n) is 4.47. The van der Waals surface area contributed by atoms with Crippen LogP contribution >= 0.6 is 0 Å². The van der Waals surface area contributed by atoms with Gasteiger partial charge in [0.05, 0.1) is 17.0 Å². The largest absolute Gasteiger partial charge is 0.481 e. The van der Waals surface area contributed by atoms with Crippen molar-refractivity contribution in [1.82, 2.24) is 10.3 Å². The van der Waals surface area contributed by atoms with Crippen LogP contribution in [0, 0.1) is 5.92 Å². The van der Waals surface area contributed by atoms with Crippen LogP contribution in [0.25, 0.3) is 10.9 Å². The topological polar surface area (TPSA) is 79.3 Å². The number of nitrogens with zero attached hydrogens (tertiary/aromatic N) is 1. The quantitative estimate of drug-likeness (QED) is 0.889. The van der Waals surface area contributed by atoms with Gasteiger partial charge in [0.15, 0.2) is 0 Å². The fraction of sp³-hybridized carbons (Fsp3) is 0.389. The Morgan fingerprint density at radius 1 is 1.26 bits per heavy atom. The minimum Gasteiger partial charge on any atom is -0.481 e. The van der Waals surface area contributed by atoms with E-state index in [2.05, 4.69) is 10.3 Å². The Bertz CT molecular complexity index is 768. The smallest absolute Gasteiger partial charge is 0.308 e. The van der Waals surface area contributed by atoms with Gasteiger partial charge in [0, 0.05) is 23.0 Å². The Labute approximate surface area is 134 Å². The number of pyridine rings is 1. The van der Waals surface area contributed by atoms with Gasteiger partial charge >= 0.3 is 5.97 Å². The van der Waals surface area contributed by atoms with Crippen LogP contribution in [-0.4, -0.2) is 28.0 Å². The van der Waals surface area contributed by atoms with Crippen LogP contribution in [0.15, 0.2) is 30.3 Å². The maximum Gasteiger partial charge on any atom is 0.308 e. The number of para-hydroxylation sites is 1. The fourth-order valence-electron chi connectivity index (χ4n) is 2.60. The van der Waals surface area contributed by atoms with Crippen molar-refractivity contribution in [2.75, 3.05) is 0 Å². The summed E-state index contributed by atoms with van der Waals surface area (Å²) in [5.74, 6) is -1.36. The van der Waals surface area contributed by atoms with Crippen LogP contribution in [-0.2, 0) is 4.79 Å². The Balaban J connectivity index is 1.94. The molecule has 2 N–H and O–H groups in total. The molecule has 5 heteroatoms. The van der Waals surface area contributed by atoms with Gasteiger partial charge in [0.25, 0.3) is 5.91 Å². The van der Waals surface area contributed by atoms with Crippen molar-refractivity contribution in [3.8, 4) is 0 Å². The van der Waals surface area contributed by atoms with Crippen LogP contribution in [0.4, 0.5) is 0 Å². The molecule has 1 fully saturated rings. The minimum absolute atomic E-state index is 0.244. The van der Waals surface area contributed by atoms with Crippen molar-refractivity contribution in [2.45, 2.75) is 38.6 Å². The first-order valence-corrected chi connectivity index (χ1v) is 7.90. The molecule has 1 aliphatic rings. The third-order valence-corrected chi connectivity index (χ3v) is 4.47. The van der Waals surface area contributed by atoms with Crippen molar-refractivity contribution in [3.63, 3.8) is 0 Å². The summed E-state index contributed by atoms with van der Waals surface area (Å²) in [5.41, 5.74) is 2.33. The molecule has 0 saturated heterocycles. The van der Waals surface area contributed by atoms with E-state index in [1.807, 2.05) is 30.3 Å². The van der Waals surface area contributed by atoms with Gasteiger partial charge in [-0.05, 0) is 38.8 Å². The van der Waals surface area contributed by atoms with Crippen molar-refractivity contribution in [1.29, 1.82) is 0 Å². The molecule has 23 heavy (non-hydrogen) atoms. The molecule has 3 rings (SSSR count). The second-order valence-corrected chi connectivity index (χ2v) is 6.28. The summed E-state index contributed by atoms with van der Waals surface area (Å²) < 4.78 is 0. The summed E-state index contributed by atoms with van der Waals surface area (Å²) in [6.45, 7) is 3.30. The number of carbonyl (C=O) groups excluding carboxylic acids is 1. The molecule has 1 amide bonds. The minimum atomic E-state index is -0.920. The van der Waals surface area contributed by atoms with E-state index in [9.17, 15) is 9.59 Å². The second kappa shape index (κ2) is 5.99. The van der Waals surface area contributed by atoms with Gasteiger partial charge in [-0.3, -0.25) is 14.6 Å². The monoisotopic (exact) mass is 312 g/mol. The number of hydrogen-bond donors (Lipinski definition) is 2. The van der Waals surface area contributed by atoms with Gasteiger partial charge in [-0.15, -0.1) is 0 Å². The number of amides is 1. The van der Waals surface area contributed by atoms with Crippen LogP contribution in [0.1, 0.15) is 48.7 Å². The first-order valence-electron chi connectivity index (χ1n) is 7.90. The van der Waals surface area contributed by atoms with Crippen molar-refractivity contribution in [3.05, 3.63) is 41.6 Å². The molecule has 1 aromatic heterocycles. The number of carboxylic acids is 1. The summed E-state index contributed by atoms with van der Waals surface area (Å²) in [7, 11) is 0. The number of carboxylic acid groups (broad SMARTS) is 1. The van der Waals surface area contributed by atoms with Gasteiger partial charge in [-0.25, -0.2) is 0 Å². The molecule has 2 atom stereocenters. The average Bonchev–Trinajstić information content (AvgIpc) is 3.37. The first kappa shape index (κ1) is 15.5. The SMILES string of the molecule is CC(NC(=O)c1cc(C2CC2)nc2ccccc12)C(C)C(=O)O. The van der Waals surface area contributed by atoms with E-state index in [0.717, 1.165) is 29.4 Å². The van der Waals surface area contributed by atoms with E-state index in [1.165, 1.54) is 0 Å². The summed E-state index contributed by atoms with van der Waals surface area (Å²) >= 11 is 0. The van der Waals surface area contributed by atoms with Crippen LogP contribution in [0.3, 0.4) is 0 Å². The maximum absolute atomic E-state index is 12.7. The van der Waals surface area contributed by atoms with E-state index in [4.69, 9.17) is 5.11 Å². The summed E-state index contributed by atoms with van der Waals surface area (Å²) in [4.78, 5) is 28.4. The normalized spacial score (nSPS) is 16.8. The van der Waals surface area contributed by atoms with Crippen molar-refractivity contribution in [2.24, 2.45) is 5.92 Å². The Morgan fingerprint density at radius 3 is 2.61 bits per heavy atom. The van der Waals surface area contributed by atoms with Gasteiger partial charge in [-0.2, -0.15) is 0 Å². The van der Waals surface area contributed by atoms with Gasteiger partial charge in [-0.1, -0.05) is 18.2 Å². The van der Waals surface area contributed by atoms with Crippen molar-refractivity contribution >= 4 is 22.8 Å². The van der Waals surface area contributed by atoms with Gasteiger partial charge in [0.2, 0.25) is 0 Å². The number of hydrogen-bond acceptors (Lipinski definition) is 3. The lowest BCUT2D eigenvalue weighted by molar-refractivity contribution is -0.141. The molecule has 1 aliphatic carbocycles. The first-order chi connectivity index (χ1) is 11.0. The summed E-state index contributed by atoms with van der Waals surface area (Å²) in [5, 5.41) is 12.7. The lowest BCUT2D eigenvalue weighted by Crippen LogP contribution is -2.40. The molecular formula is C18H20N2O3. The predicted octanol–water partition coefficient (Wildman–Crippen LogP) is 2.95. The van der Waals surface area contributed by atoms with Gasteiger partial charge < -0.3 is 10.4 Å². The molecule has 5 nitrogen and oxygen atoms in total. The molecule has 0 radical (unpaired) electrons. The number of nitrogens with one attached hydrogen (secondary N) is 1. The molecule has 1 aromatic carbocycles. The molecular weight excluding hydrogens is 292 g/mol. The molecule has 1 saturated carbocycles. The van der Waals surface area contributed by atoms with E-state index >= 15 is 0 Å². The Morgan fingerprint density at radius 2 is 1.96 bits per heavy atom. The highest BCUT2D eigenvalue weighted by Crippen LogP contribution is 2.40. The van der Waals surface area contributed by atoms with Crippen LogP contribution in [0.2, 0.25) is 0 Å². The lowest BCUT2D eigenvalue weighted by atomic mass is 10.0. The second-order valence-electron chi connectivity index (χ2n) is 6.28. The highest BCUT2D eigenvalue weighted by molar-refractivity contribution is 6.06. The molecule has 2 aromatic rings. The van der Waals surface area contributed by atoms with Gasteiger partial charge in [0.1, 0.15) is 0 Å². The average molecular weight is 312 g/mol. The van der Waals surface area contributed by atoms with E-state index in [0.29, 0.717) is 11.5 Å². The fourth-order valence-corrected chi connectivity index (χ4v) is 2.60. The summed E-state index contributed by atoms with van der Waals surface area (Å²) in [6.07, 6.45) is 2.22. The van der Waals surface area contributed by atoms with Crippen molar-refractivity contribution < 1.29 is 14.7 Å². The molecule has 1 heterocycles. The molecule has 0 aliphatic heterocycles. The lowest BCUT2D eigenvalue weighted by Gasteiger charge is -2.18.